The van der Waals surface area contributed by atoms with E-state index in [0.717, 1.165) is 21.7 Å². The highest BCUT2D eigenvalue weighted by atomic mass is 32.2. The summed E-state index contributed by atoms with van der Waals surface area (Å²) in [5, 5.41) is 88.6. The van der Waals surface area contributed by atoms with Crippen molar-refractivity contribution in [1.82, 2.24) is 44.3 Å². The fraction of sp³-hybridized carbons (Fsp3) is 0.731. The molecule has 5 atom stereocenters. The number of hydrogen-bond acceptors (Lipinski definition) is 20. The predicted octanol–water partition coefficient (Wildman–Crippen LogP) is -1.58. The van der Waals surface area contributed by atoms with E-state index < -0.39 is 189 Å². The summed E-state index contributed by atoms with van der Waals surface area (Å²) >= 11 is 1.07. The first kappa shape index (κ1) is 72.2. The lowest BCUT2D eigenvalue weighted by molar-refractivity contribution is -0.198. The number of likely N-dealkylation sites (N-methyl/N-ethyl adjacent to an activating group) is 1. The Kier molecular flexibility index (Phi) is 28.0. The number of hydrogen-bond donors (Lipinski definition) is 9. The van der Waals surface area contributed by atoms with Crippen LogP contribution in [0, 0.1) is 0 Å². The van der Waals surface area contributed by atoms with Crippen LogP contribution in [0.5, 0.6) is 0 Å². The Bertz CT molecular complexity index is 2450. The highest BCUT2D eigenvalue weighted by molar-refractivity contribution is 8.00. The zero-order valence-corrected chi connectivity index (χ0v) is 49.3. The van der Waals surface area contributed by atoms with Gasteiger partial charge in [0.2, 0.25) is 35.4 Å². The third-order valence-electron chi connectivity index (χ3n) is 15.3. The Morgan fingerprint density at radius 3 is 1.12 bits per heavy atom. The summed E-state index contributed by atoms with van der Waals surface area (Å²) in [7, 11) is 0. The van der Waals surface area contributed by atoms with Crippen LogP contribution >= 0.6 is 11.8 Å². The van der Waals surface area contributed by atoms with Crippen LogP contribution in [0.3, 0.4) is 0 Å². The third kappa shape index (κ3) is 21.7. The van der Waals surface area contributed by atoms with Gasteiger partial charge in [-0.25, -0.2) is 0 Å². The van der Waals surface area contributed by atoms with Gasteiger partial charge in [-0.3, -0.25) is 86.7 Å². The van der Waals surface area contributed by atoms with Crippen molar-refractivity contribution in [1.29, 1.82) is 0 Å². The lowest BCUT2D eigenvalue weighted by Gasteiger charge is -2.38. The fourth-order valence-corrected chi connectivity index (χ4v) is 12.1. The van der Waals surface area contributed by atoms with Crippen LogP contribution in [0.25, 0.3) is 0 Å². The van der Waals surface area contributed by atoms with Crippen molar-refractivity contribution in [2.24, 2.45) is 0 Å². The van der Waals surface area contributed by atoms with Gasteiger partial charge in [0.15, 0.2) is 0 Å². The maximum absolute atomic E-state index is 14.3. The number of rotatable bonds is 31. The van der Waals surface area contributed by atoms with Crippen LogP contribution in [0.2, 0.25) is 0 Å². The van der Waals surface area contributed by atoms with E-state index in [-0.39, 0.29) is 103 Å². The number of hydroxylamine groups is 2. The Morgan fingerprint density at radius 2 is 0.824 bits per heavy atom. The normalized spacial score (nSPS) is 20.0. The molecule has 478 valence electrons. The molecule has 0 saturated carbocycles. The molecule has 0 aromatic rings. The van der Waals surface area contributed by atoms with Crippen LogP contribution in [0.4, 0.5) is 0 Å². The monoisotopic (exact) mass is 1230 g/mol. The summed E-state index contributed by atoms with van der Waals surface area (Å²) in [4.78, 5) is 188. The van der Waals surface area contributed by atoms with Gasteiger partial charge in [-0.2, -0.15) is 5.06 Å². The molecule has 32 nitrogen and oxygen atoms in total. The molecule has 0 spiro atoms. The summed E-state index contributed by atoms with van der Waals surface area (Å²) < 4.78 is 0. The smallest absolute Gasteiger partial charge is 0.320 e. The quantitative estimate of drug-likeness (QED) is 0.0354. The van der Waals surface area contributed by atoms with Gasteiger partial charge in [-0.05, 0) is 72.8 Å². The number of nitrogens with zero attached hydrogens (tertiary/aromatic N) is 9. The second kappa shape index (κ2) is 33.0. The van der Waals surface area contributed by atoms with Crippen molar-refractivity contribution in [3.63, 3.8) is 0 Å². The van der Waals surface area contributed by atoms with E-state index in [2.05, 4.69) is 0 Å². The van der Waals surface area contributed by atoms with Crippen molar-refractivity contribution in [3.8, 4) is 0 Å². The third-order valence-corrected chi connectivity index (χ3v) is 16.5. The molecule has 0 aromatic heterocycles. The van der Waals surface area contributed by atoms with Crippen LogP contribution in [-0.4, -0.2) is 311 Å². The van der Waals surface area contributed by atoms with Crippen molar-refractivity contribution in [3.05, 3.63) is 0 Å². The van der Waals surface area contributed by atoms with Gasteiger partial charge in [0.25, 0.3) is 0 Å². The number of amides is 6. The van der Waals surface area contributed by atoms with E-state index >= 15 is 0 Å². The number of likely N-dealkylation sites (tertiary alicyclic amines) is 1. The minimum absolute atomic E-state index is 0.0180. The molecule has 6 amide bonds. The number of carboxylic acids is 8. The molecule has 33 heteroatoms. The van der Waals surface area contributed by atoms with Crippen LogP contribution in [0.1, 0.15) is 105 Å². The van der Waals surface area contributed by atoms with Gasteiger partial charge in [-0.15, -0.1) is 11.8 Å². The Balaban J connectivity index is 2.03. The summed E-state index contributed by atoms with van der Waals surface area (Å²) in [6, 6.07) is -5.63. The SMILES string of the molecule is CCN(CC(=O)O)C(CCC(=O)N1CCCN(C(=O)CCC(C(=O)O)N(CC(=O)O)CC(=O)O)CCN(C(=O)CCSC2CC(=O)N(C3CC(C)(C)N(O)C3(C)C)C2=O)CCCN(C(=O)CCC(C(=O)O)N(CC(=O)O)CC(=O)O)CC1)C(=O)O. The number of carbonyl (C=O) groups is 14. The molecule has 0 bridgehead atoms. The molecule has 3 aliphatic rings. The second-order valence-electron chi connectivity index (χ2n) is 22.2. The molecule has 5 unspecified atom stereocenters. The minimum atomic E-state index is -1.77. The lowest BCUT2D eigenvalue weighted by Crippen LogP contribution is -2.54. The Labute approximate surface area is 494 Å². The molecule has 3 aliphatic heterocycles. The summed E-state index contributed by atoms with van der Waals surface area (Å²) in [5.74, 6) is -15.7. The highest BCUT2D eigenvalue weighted by Crippen LogP contribution is 2.44. The molecule has 0 aliphatic carbocycles. The number of carbonyl (C=O) groups excluding carboxylic acids is 6. The van der Waals surface area contributed by atoms with Crippen LogP contribution < -0.4 is 0 Å². The number of aliphatic carboxylic acids is 8. The zero-order chi connectivity index (χ0) is 64.3. The van der Waals surface area contributed by atoms with E-state index in [9.17, 15) is 113 Å². The van der Waals surface area contributed by atoms with Crippen LogP contribution in [-0.2, 0) is 67.1 Å². The highest BCUT2D eigenvalue weighted by Gasteiger charge is 2.58. The van der Waals surface area contributed by atoms with Gasteiger partial charge in [0, 0.05) is 95.8 Å². The largest absolute Gasteiger partial charge is 0.480 e. The van der Waals surface area contributed by atoms with E-state index in [4.69, 9.17) is 0 Å². The molecule has 85 heavy (non-hydrogen) atoms. The van der Waals surface area contributed by atoms with Crippen LogP contribution in [0.15, 0.2) is 0 Å². The summed E-state index contributed by atoms with van der Waals surface area (Å²) in [6.45, 7) is 2.01. The average molecular weight is 1230 g/mol. The van der Waals surface area contributed by atoms with Gasteiger partial charge in [-0.1, -0.05) is 6.92 Å². The minimum Gasteiger partial charge on any atom is -0.480 e. The van der Waals surface area contributed by atoms with E-state index in [1.165, 1.54) is 31.4 Å². The molecular weight excluding hydrogens is 1150 g/mol. The fourth-order valence-electron chi connectivity index (χ4n) is 11.0. The first-order chi connectivity index (χ1) is 39.6. The first-order valence-electron chi connectivity index (χ1n) is 27.7. The van der Waals surface area contributed by atoms with Crippen molar-refractivity contribution < 1.29 is 113 Å². The molecular formula is C52H81N9O23S. The molecule has 3 heterocycles. The molecule has 3 saturated heterocycles. The lowest BCUT2D eigenvalue weighted by atomic mass is 9.93. The maximum atomic E-state index is 14.3. The van der Waals surface area contributed by atoms with E-state index in [1.54, 1.807) is 27.7 Å². The van der Waals surface area contributed by atoms with Crippen molar-refractivity contribution in [2.45, 2.75) is 146 Å². The van der Waals surface area contributed by atoms with Gasteiger partial charge in [0.05, 0.1) is 49.6 Å². The first-order valence-corrected chi connectivity index (χ1v) is 28.7. The molecule has 9 N–H and O–H groups in total. The number of carboxylic acid groups (broad SMARTS) is 8. The predicted molar refractivity (Wildman–Crippen MR) is 294 cm³/mol. The number of imide groups is 1. The number of thioether (sulfide) groups is 1. The second-order valence-corrected chi connectivity index (χ2v) is 23.5. The van der Waals surface area contributed by atoms with Crippen molar-refractivity contribution >= 4 is 95.0 Å². The van der Waals surface area contributed by atoms with E-state index in [1.807, 2.05) is 0 Å². The van der Waals surface area contributed by atoms with Gasteiger partial charge >= 0.3 is 47.8 Å². The van der Waals surface area contributed by atoms with Crippen molar-refractivity contribution in [2.75, 3.05) is 97.4 Å². The molecule has 3 fully saturated rings. The van der Waals surface area contributed by atoms with E-state index in [0.29, 0.717) is 9.80 Å². The summed E-state index contributed by atoms with van der Waals surface area (Å²) in [6.07, 6.45) is -3.35. The van der Waals surface area contributed by atoms with Gasteiger partial charge < -0.3 is 65.7 Å². The Morgan fingerprint density at radius 1 is 0.506 bits per heavy atom. The van der Waals surface area contributed by atoms with Gasteiger partial charge in [0.1, 0.15) is 18.1 Å². The topological polar surface area (TPSA) is 450 Å². The maximum Gasteiger partial charge on any atom is 0.320 e. The molecule has 0 aromatic carbocycles. The standard InChI is InChI=1S/C52H81N9O23S/c1-6-53(27-42(67)68)32(48(78)79)9-12-37(62)54-16-7-17-56(39(64)14-11-34(50(82)83)59(30-45(73)74)31-46(75)76)22-23-57(19-8-18-55(21-20-54)38(63)13-10-33(49(80)81)58(28-43(69)70)29-44(71)72)40(65)15-24-85-35-25-41(66)60(47(35)77)36-26-51(2,3)61(84)52(36,4)5/h32-36,84H,6-31H2,1-5H3,(H,67,68)(H,69,70)(H,71,72)(H,73,74)(H,75,76)(H,78,79)(H,80,81)(H,82,83). The average Bonchev–Trinajstić information content (AvgIpc) is 2.10. The summed E-state index contributed by atoms with van der Waals surface area (Å²) in [5.41, 5.74) is -1.75. The zero-order valence-electron chi connectivity index (χ0n) is 48.4. The molecule has 3 rings (SSSR count). The Hall–Kier alpha value is -7.07. The molecule has 0 radical (unpaired) electrons.